The Hall–Kier alpha value is -2.14. The Morgan fingerprint density at radius 2 is 2.17 bits per heavy atom. The second kappa shape index (κ2) is 7.92. The first-order chi connectivity index (χ1) is 11.0. The first-order valence-corrected chi connectivity index (χ1v) is 8.21. The molecule has 1 aromatic heterocycles. The number of nitrogens with two attached hydrogens (primary N) is 1. The number of imidazole rings is 1. The minimum atomic E-state index is -0.509. The minimum absolute atomic E-state index is 0.103. The molecule has 2 rings (SSSR count). The van der Waals surface area contributed by atoms with Crippen LogP contribution in [0.5, 0.6) is 0 Å². The quantitative estimate of drug-likeness (QED) is 0.824. The lowest BCUT2D eigenvalue weighted by Crippen LogP contribution is -2.39. The Kier molecular flexibility index (Phi) is 5.93. The van der Waals surface area contributed by atoms with Gasteiger partial charge in [0.05, 0.1) is 6.04 Å². The average molecular weight is 314 g/mol. The molecule has 0 bridgehead atoms. The molecule has 0 fully saturated rings. The minimum Gasteiger partial charge on any atom is -0.331 e. The molecular weight excluding hydrogens is 288 g/mol. The van der Waals surface area contributed by atoms with Crippen molar-refractivity contribution in [3.8, 4) is 11.4 Å². The van der Waals surface area contributed by atoms with Gasteiger partial charge in [0, 0.05) is 30.2 Å². The first kappa shape index (κ1) is 17.2. The Morgan fingerprint density at radius 1 is 1.39 bits per heavy atom. The molecule has 1 atom stereocenters. The van der Waals surface area contributed by atoms with Gasteiger partial charge in [0.25, 0.3) is 0 Å². The van der Waals surface area contributed by atoms with E-state index in [0.29, 0.717) is 0 Å². The normalized spacial score (nSPS) is 12.4. The van der Waals surface area contributed by atoms with Crippen LogP contribution in [0.15, 0.2) is 36.7 Å². The second-order valence-electron chi connectivity index (χ2n) is 6.14. The molecule has 124 valence electrons. The van der Waals surface area contributed by atoms with E-state index in [0.717, 1.165) is 36.5 Å². The van der Waals surface area contributed by atoms with Gasteiger partial charge < -0.3 is 15.6 Å². The number of carbonyl (C=O) groups excluding carboxylic acids is 1. The molecule has 3 N–H and O–H groups in total. The van der Waals surface area contributed by atoms with Gasteiger partial charge in [-0.2, -0.15) is 0 Å². The molecule has 0 unspecified atom stereocenters. The van der Waals surface area contributed by atoms with Gasteiger partial charge in [-0.3, -0.25) is 4.79 Å². The van der Waals surface area contributed by atoms with E-state index < -0.39 is 6.04 Å². The third-order valence-electron chi connectivity index (χ3n) is 3.88. The van der Waals surface area contributed by atoms with Crippen molar-refractivity contribution in [3.63, 3.8) is 0 Å². The molecule has 0 aliphatic rings. The number of rotatable bonds is 7. The molecule has 1 aromatic carbocycles. The second-order valence-corrected chi connectivity index (χ2v) is 6.14. The Bertz CT molecular complexity index is 648. The third-order valence-corrected chi connectivity index (χ3v) is 3.88. The lowest BCUT2D eigenvalue weighted by molar-refractivity contribution is -0.118. The summed E-state index contributed by atoms with van der Waals surface area (Å²) in [5, 5.41) is 2.89. The summed E-state index contributed by atoms with van der Waals surface area (Å²) in [6, 6.07) is 7.22. The molecule has 1 amide bonds. The molecule has 0 saturated heterocycles. The average Bonchev–Trinajstić information content (AvgIpc) is 3.00. The highest BCUT2D eigenvalue weighted by molar-refractivity contribution is 5.95. The number of unbranched alkanes of at least 4 members (excludes halogenated alkanes) is 1. The van der Waals surface area contributed by atoms with Crippen LogP contribution in [0.25, 0.3) is 11.4 Å². The summed E-state index contributed by atoms with van der Waals surface area (Å²) in [7, 11) is 0. The number of nitrogens with zero attached hydrogens (tertiary/aromatic N) is 2. The Morgan fingerprint density at radius 3 is 2.87 bits per heavy atom. The van der Waals surface area contributed by atoms with Gasteiger partial charge in [-0.15, -0.1) is 0 Å². The molecule has 5 heteroatoms. The highest BCUT2D eigenvalue weighted by atomic mass is 16.2. The van der Waals surface area contributed by atoms with Gasteiger partial charge in [-0.1, -0.05) is 39.3 Å². The summed E-state index contributed by atoms with van der Waals surface area (Å²) in [4.78, 5) is 16.6. The predicted octanol–water partition coefficient (Wildman–Crippen LogP) is 3.27. The summed E-state index contributed by atoms with van der Waals surface area (Å²) in [5.41, 5.74) is 7.62. The molecule has 23 heavy (non-hydrogen) atoms. The maximum atomic E-state index is 12.1. The number of carbonyl (C=O) groups is 1. The highest BCUT2D eigenvalue weighted by Crippen LogP contribution is 2.22. The Balaban J connectivity index is 2.17. The molecule has 0 aliphatic carbocycles. The van der Waals surface area contributed by atoms with Crippen molar-refractivity contribution < 1.29 is 4.79 Å². The maximum Gasteiger partial charge on any atom is 0.241 e. The maximum absolute atomic E-state index is 12.1. The largest absolute Gasteiger partial charge is 0.331 e. The zero-order valence-electron chi connectivity index (χ0n) is 14.1. The van der Waals surface area contributed by atoms with E-state index in [1.54, 1.807) is 0 Å². The van der Waals surface area contributed by atoms with Gasteiger partial charge >= 0.3 is 0 Å². The number of amides is 1. The van der Waals surface area contributed by atoms with Crippen LogP contribution in [0, 0.1) is 5.92 Å². The first-order valence-electron chi connectivity index (χ1n) is 8.21. The van der Waals surface area contributed by atoms with E-state index in [-0.39, 0.29) is 11.8 Å². The van der Waals surface area contributed by atoms with Gasteiger partial charge in [0.15, 0.2) is 0 Å². The Labute approximate surface area is 137 Å². The zero-order chi connectivity index (χ0) is 16.8. The van der Waals surface area contributed by atoms with Crippen LogP contribution in [0.2, 0.25) is 0 Å². The number of aryl methyl sites for hydroxylation is 1. The molecule has 0 aliphatic heterocycles. The number of hydrogen-bond donors (Lipinski definition) is 2. The van der Waals surface area contributed by atoms with Gasteiger partial charge in [0.2, 0.25) is 5.91 Å². The van der Waals surface area contributed by atoms with Crippen LogP contribution in [0.4, 0.5) is 5.69 Å². The van der Waals surface area contributed by atoms with Crippen LogP contribution in [-0.4, -0.2) is 21.5 Å². The van der Waals surface area contributed by atoms with Gasteiger partial charge in [-0.05, 0) is 24.5 Å². The molecule has 0 saturated carbocycles. The molecule has 2 aromatic rings. The SMILES string of the molecule is CCCCn1ccnc1-c1cccc(NC(=O)[C@@H](N)C(C)C)c1. The van der Waals surface area contributed by atoms with E-state index in [1.165, 1.54) is 0 Å². The van der Waals surface area contributed by atoms with E-state index >= 15 is 0 Å². The van der Waals surface area contributed by atoms with Crippen molar-refractivity contribution in [2.75, 3.05) is 5.32 Å². The predicted molar refractivity (Wildman–Crippen MR) is 94.0 cm³/mol. The molecule has 0 radical (unpaired) electrons. The van der Waals surface area contributed by atoms with Crippen molar-refractivity contribution in [2.24, 2.45) is 11.7 Å². The number of anilines is 1. The van der Waals surface area contributed by atoms with E-state index in [1.807, 2.05) is 50.5 Å². The molecule has 0 spiro atoms. The zero-order valence-corrected chi connectivity index (χ0v) is 14.1. The van der Waals surface area contributed by atoms with Gasteiger partial charge in [0.1, 0.15) is 5.82 Å². The van der Waals surface area contributed by atoms with Crippen molar-refractivity contribution in [1.82, 2.24) is 9.55 Å². The van der Waals surface area contributed by atoms with Crippen molar-refractivity contribution in [3.05, 3.63) is 36.7 Å². The fraction of sp³-hybridized carbons (Fsp3) is 0.444. The number of nitrogens with one attached hydrogen (secondary N) is 1. The van der Waals surface area contributed by atoms with Gasteiger partial charge in [-0.25, -0.2) is 4.98 Å². The monoisotopic (exact) mass is 314 g/mol. The standard InChI is InChI=1S/C18H26N4O/c1-4-5-10-22-11-9-20-17(22)14-7-6-8-15(12-14)21-18(23)16(19)13(2)3/h6-9,11-13,16H,4-5,10,19H2,1-3H3,(H,21,23)/t16-/m0/s1. The molecule has 5 nitrogen and oxygen atoms in total. The summed E-state index contributed by atoms with van der Waals surface area (Å²) < 4.78 is 2.14. The fourth-order valence-corrected chi connectivity index (χ4v) is 2.34. The van der Waals surface area contributed by atoms with Crippen LogP contribution in [0.1, 0.15) is 33.6 Å². The van der Waals surface area contributed by atoms with E-state index in [4.69, 9.17) is 5.73 Å². The summed E-state index contributed by atoms with van der Waals surface area (Å²) in [6.45, 7) is 6.99. The lowest BCUT2D eigenvalue weighted by Gasteiger charge is -2.16. The van der Waals surface area contributed by atoms with E-state index in [2.05, 4.69) is 21.8 Å². The molecule has 1 heterocycles. The summed E-state index contributed by atoms with van der Waals surface area (Å²) >= 11 is 0. The van der Waals surface area contributed by atoms with E-state index in [9.17, 15) is 4.79 Å². The van der Waals surface area contributed by atoms with Crippen molar-refractivity contribution in [2.45, 2.75) is 46.2 Å². The number of aromatic nitrogens is 2. The smallest absolute Gasteiger partial charge is 0.241 e. The topological polar surface area (TPSA) is 72.9 Å². The number of benzene rings is 1. The fourth-order valence-electron chi connectivity index (χ4n) is 2.34. The van der Waals surface area contributed by atoms with Crippen LogP contribution in [0.3, 0.4) is 0 Å². The summed E-state index contributed by atoms with van der Waals surface area (Å²) in [6.07, 6.45) is 6.06. The number of hydrogen-bond acceptors (Lipinski definition) is 3. The third kappa shape index (κ3) is 4.42. The summed E-state index contributed by atoms with van der Waals surface area (Å²) in [5.74, 6) is 0.861. The lowest BCUT2D eigenvalue weighted by atomic mass is 10.0. The van der Waals surface area contributed by atoms with Crippen LogP contribution >= 0.6 is 0 Å². The van der Waals surface area contributed by atoms with Crippen molar-refractivity contribution >= 4 is 11.6 Å². The highest BCUT2D eigenvalue weighted by Gasteiger charge is 2.17. The van der Waals surface area contributed by atoms with Crippen molar-refractivity contribution in [1.29, 1.82) is 0 Å². The van der Waals surface area contributed by atoms with Crippen LogP contribution < -0.4 is 11.1 Å². The van der Waals surface area contributed by atoms with Crippen LogP contribution in [-0.2, 0) is 11.3 Å². The molecular formula is C18H26N4O.